The molecule has 0 radical (unpaired) electrons. The number of rotatable bonds is 4. The van der Waals surface area contributed by atoms with Gasteiger partial charge in [0.2, 0.25) is 5.91 Å². The zero-order valence-electron chi connectivity index (χ0n) is 14.3. The maximum Gasteiger partial charge on any atom is 0.255 e. The summed E-state index contributed by atoms with van der Waals surface area (Å²) in [5.41, 5.74) is 0.417. The molecule has 1 aromatic rings. The van der Waals surface area contributed by atoms with E-state index < -0.39 is 0 Å². The first kappa shape index (κ1) is 19.1. The Hall–Kier alpha value is -1.26. The van der Waals surface area contributed by atoms with E-state index in [4.69, 9.17) is 23.2 Å². The van der Waals surface area contributed by atoms with Crippen molar-refractivity contribution < 1.29 is 9.59 Å². The summed E-state index contributed by atoms with van der Waals surface area (Å²) in [5.74, 6) is 0.326. The average Bonchev–Trinajstić information content (AvgIpc) is 2.56. The highest BCUT2D eigenvalue weighted by Crippen LogP contribution is 2.25. The minimum Gasteiger partial charge on any atom is -0.353 e. The van der Waals surface area contributed by atoms with Crippen molar-refractivity contribution in [2.75, 3.05) is 13.1 Å². The molecule has 1 aromatic carbocycles. The highest BCUT2D eigenvalue weighted by molar-refractivity contribution is 6.35. The van der Waals surface area contributed by atoms with Gasteiger partial charge in [-0.2, -0.15) is 0 Å². The van der Waals surface area contributed by atoms with E-state index in [0.717, 1.165) is 0 Å². The Morgan fingerprint density at radius 3 is 2.38 bits per heavy atom. The molecular formula is C18H24Cl2N2O2. The Bertz CT molecular complexity index is 611. The van der Waals surface area contributed by atoms with Crippen LogP contribution in [0.3, 0.4) is 0 Å². The summed E-state index contributed by atoms with van der Waals surface area (Å²) in [7, 11) is 0. The molecule has 24 heavy (non-hydrogen) atoms. The third kappa shape index (κ3) is 4.64. The van der Waals surface area contributed by atoms with Crippen LogP contribution in [0.2, 0.25) is 10.0 Å². The van der Waals surface area contributed by atoms with E-state index >= 15 is 0 Å². The van der Waals surface area contributed by atoms with E-state index in [-0.39, 0.29) is 23.8 Å². The van der Waals surface area contributed by atoms with E-state index in [1.54, 1.807) is 23.1 Å². The van der Waals surface area contributed by atoms with Crippen molar-refractivity contribution in [3.63, 3.8) is 0 Å². The fourth-order valence-corrected chi connectivity index (χ4v) is 3.06. The van der Waals surface area contributed by atoms with Gasteiger partial charge in [-0.1, -0.05) is 37.0 Å². The first-order valence-electron chi connectivity index (χ1n) is 8.34. The molecule has 0 aromatic heterocycles. The lowest BCUT2D eigenvalue weighted by Crippen LogP contribution is -2.45. The maximum absolute atomic E-state index is 12.6. The summed E-state index contributed by atoms with van der Waals surface area (Å²) in [6.07, 6.45) is 1.33. The second-order valence-corrected chi connectivity index (χ2v) is 7.58. The molecule has 4 nitrogen and oxygen atoms in total. The molecule has 1 N–H and O–H groups in total. The van der Waals surface area contributed by atoms with Crippen molar-refractivity contribution in [2.45, 2.75) is 39.7 Å². The van der Waals surface area contributed by atoms with Crippen LogP contribution in [-0.4, -0.2) is 35.8 Å². The molecule has 1 fully saturated rings. The number of benzene rings is 1. The van der Waals surface area contributed by atoms with Crippen LogP contribution in [0.5, 0.6) is 0 Å². The van der Waals surface area contributed by atoms with Gasteiger partial charge in [-0.05, 0) is 43.9 Å². The molecule has 2 rings (SSSR count). The number of nitrogens with one attached hydrogen (secondary N) is 1. The molecule has 1 aliphatic rings. The first-order valence-corrected chi connectivity index (χ1v) is 9.10. The number of piperidine rings is 1. The van der Waals surface area contributed by atoms with Gasteiger partial charge in [0, 0.05) is 30.1 Å². The molecule has 1 saturated heterocycles. The summed E-state index contributed by atoms with van der Waals surface area (Å²) >= 11 is 12.1. The molecule has 1 heterocycles. The minimum atomic E-state index is -0.128. The molecule has 2 amide bonds. The van der Waals surface area contributed by atoms with Gasteiger partial charge in [0.15, 0.2) is 0 Å². The highest BCUT2D eigenvalue weighted by atomic mass is 35.5. The van der Waals surface area contributed by atoms with Gasteiger partial charge in [0.25, 0.3) is 5.91 Å². The number of hydrogen-bond donors (Lipinski definition) is 1. The number of hydrogen-bond acceptors (Lipinski definition) is 2. The first-order chi connectivity index (χ1) is 11.3. The Morgan fingerprint density at radius 1 is 1.17 bits per heavy atom. The topological polar surface area (TPSA) is 49.4 Å². The Morgan fingerprint density at radius 2 is 1.79 bits per heavy atom. The van der Waals surface area contributed by atoms with Crippen molar-refractivity contribution in [3.8, 4) is 0 Å². The van der Waals surface area contributed by atoms with Crippen molar-refractivity contribution in [2.24, 2.45) is 11.8 Å². The third-order valence-corrected chi connectivity index (χ3v) is 5.25. The highest BCUT2D eigenvalue weighted by Gasteiger charge is 2.29. The van der Waals surface area contributed by atoms with E-state index in [9.17, 15) is 9.59 Å². The Labute approximate surface area is 153 Å². The van der Waals surface area contributed by atoms with Crippen LogP contribution in [0.4, 0.5) is 0 Å². The monoisotopic (exact) mass is 370 g/mol. The van der Waals surface area contributed by atoms with E-state index in [1.807, 2.05) is 6.92 Å². The largest absolute Gasteiger partial charge is 0.353 e. The van der Waals surface area contributed by atoms with E-state index in [1.165, 1.54) is 0 Å². The number of likely N-dealkylation sites (tertiary alicyclic amines) is 1. The van der Waals surface area contributed by atoms with Crippen LogP contribution in [0.15, 0.2) is 18.2 Å². The fraction of sp³-hybridized carbons (Fsp3) is 0.556. The van der Waals surface area contributed by atoms with Gasteiger partial charge < -0.3 is 10.2 Å². The van der Waals surface area contributed by atoms with Gasteiger partial charge in [-0.25, -0.2) is 0 Å². The Balaban J connectivity index is 1.94. The quantitative estimate of drug-likeness (QED) is 0.870. The molecule has 1 unspecified atom stereocenters. The number of amides is 2. The number of halogens is 2. The standard InChI is InChI=1S/C18H24Cl2N2O2/c1-11(2)12(3)21-17(23)13-6-8-22(9-7-13)18(24)15-10-14(19)4-5-16(15)20/h4-5,10-13H,6-9H2,1-3H3,(H,21,23). The molecule has 6 heteroatoms. The van der Waals surface area contributed by atoms with Crippen LogP contribution in [0.1, 0.15) is 44.0 Å². The molecule has 0 bridgehead atoms. The lowest BCUT2D eigenvalue weighted by atomic mass is 9.94. The molecule has 0 aliphatic carbocycles. The second-order valence-electron chi connectivity index (χ2n) is 6.73. The summed E-state index contributed by atoms with van der Waals surface area (Å²) in [6.45, 7) is 7.29. The number of carbonyl (C=O) groups excluding carboxylic acids is 2. The normalized spacial score (nSPS) is 17.0. The predicted molar refractivity (Wildman–Crippen MR) is 97.5 cm³/mol. The second kappa shape index (κ2) is 8.21. The number of nitrogens with zero attached hydrogens (tertiary/aromatic N) is 1. The van der Waals surface area contributed by atoms with Crippen molar-refractivity contribution in [1.82, 2.24) is 10.2 Å². The van der Waals surface area contributed by atoms with Crippen molar-refractivity contribution in [1.29, 1.82) is 0 Å². The zero-order valence-corrected chi connectivity index (χ0v) is 15.8. The van der Waals surface area contributed by atoms with Crippen molar-refractivity contribution >= 4 is 35.0 Å². The summed E-state index contributed by atoms with van der Waals surface area (Å²) in [5, 5.41) is 3.94. The van der Waals surface area contributed by atoms with E-state index in [0.29, 0.717) is 47.5 Å². The molecule has 1 atom stereocenters. The van der Waals surface area contributed by atoms with Gasteiger partial charge in [-0.15, -0.1) is 0 Å². The SMILES string of the molecule is CC(C)C(C)NC(=O)C1CCN(C(=O)c2cc(Cl)ccc2Cl)CC1. The number of carbonyl (C=O) groups is 2. The summed E-state index contributed by atoms with van der Waals surface area (Å²) < 4.78 is 0. The lowest BCUT2D eigenvalue weighted by Gasteiger charge is -2.32. The zero-order chi connectivity index (χ0) is 17.9. The van der Waals surface area contributed by atoms with Crippen LogP contribution < -0.4 is 5.32 Å². The molecule has 0 saturated carbocycles. The van der Waals surface area contributed by atoms with Gasteiger partial charge in [0.1, 0.15) is 0 Å². The van der Waals surface area contributed by atoms with Gasteiger partial charge in [-0.3, -0.25) is 9.59 Å². The molecular weight excluding hydrogens is 347 g/mol. The third-order valence-electron chi connectivity index (χ3n) is 4.68. The van der Waals surface area contributed by atoms with Gasteiger partial charge in [0.05, 0.1) is 10.6 Å². The average molecular weight is 371 g/mol. The van der Waals surface area contributed by atoms with E-state index in [2.05, 4.69) is 19.2 Å². The lowest BCUT2D eigenvalue weighted by molar-refractivity contribution is -0.127. The molecule has 132 valence electrons. The summed E-state index contributed by atoms with van der Waals surface area (Å²) in [4.78, 5) is 26.6. The minimum absolute atomic E-state index is 0.0370. The van der Waals surface area contributed by atoms with Crippen LogP contribution in [0.25, 0.3) is 0 Å². The maximum atomic E-state index is 12.6. The fourth-order valence-electron chi connectivity index (χ4n) is 2.69. The van der Waals surface area contributed by atoms with Crippen LogP contribution in [0, 0.1) is 11.8 Å². The molecule has 0 spiro atoms. The van der Waals surface area contributed by atoms with Gasteiger partial charge >= 0.3 is 0 Å². The smallest absolute Gasteiger partial charge is 0.255 e. The van der Waals surface area contributed by atoms with Crippen LogP contribution in [-0.2, 0) is 4.79 Å². The summed E-state index contributed by atoms with van der Waals surface area (Å²) in [6, 6.07) is 5.04. The predicted octanol–water partition coefficient (Wildman–Crippen LogP) is 4.01. The Kier molecular flexibility index (Phi) is 6.53. The molecule has 1 aliphatic heterocycles. The van der Waals surface area contributed by atoms with Crippen LogP contribution >= 0.6 is 23.2 Å². The van der Waals surface area contributed by atoms with Crippen molar-refractivity contribution in [3.05, 3.63) is 33.8 Å².